The first-order valence-electron chi connectivity index (χ1n) is 10.4. The minimum Gasteiger partial charge on any atom is -0.507 e. The monoisotopic (exact) mass is 454 g/mol. The van der Waals surface area contributed by atoms with Gasteiger partial charge in [-0.25, -0.2) is 0 Å². The van der Waals surface area contributed by atoms with Gasteiger partial charge in [-0.05, 0) is 69.0 Å². The van der Waals surface area contributed by atoms with E-state index in [4.69, 9.17) is 16.3 Å². The maximum Gasteiger partial charge on any atom is 0.295 e. The molecule has 0 aromatic heterocycles. The number of carbonyl (C=O) groups is 2. The van der Waals surface area contributed by atoms with E-state index < -0.39 is 17.7 Å². The summed E-state index contributed by atoms with van der Waals surface area (Å²) in [7, 11) is 3.90. The number of ether oxygens (including phenoxy) is 1. The Labute approximate surface area is 193 Å². The predicted molar refractivity (Wildman–Crippen MR) is 126 cm³/mol. The van der Waals surface area contributed by atoms with Crippen LogP contribution < -0.4 is 4.74 Å². The zero-order valence-corrected chi connectivity index (χ0v) is 19.0. The Hall–Kier alpha value is -3.09. The highest BCUT2D eigenvalue weighted by molar-refractivity contribution is 6.46. The lowest BCUT2D eigenvalue weighted by atomic mass is 9.95. The van der Waals surface area contributed by atoms with Crippen molar-refractivity contribution in [2.24, 2.45) is 0 Å². The lowest BCUT2D eigenvalue weighted by molar-refractivity contribution is -0.139. The summed E-state index contributed by atoms with van der Waals surface area (Å²) in [6.07, 6.45) is 2.32. The van der Waals surface area contributed by atoms with Crippen molar-refractivity contribution in [2.75, 3.05) is 33.8 Å². The van der Waals surface area contributed by atoms with Gasteiger partial charge in [0.05, 0.1) is 11.6 Å². The fraction of sp³-hybridized carbons (Fsp3) is 0.280. The second-order valence-corrected chi connectivity index (χ2v) is 8.26. The van der Waals surface area contributed by atoms with Crippen molar-refractivity contribution in [3.63, 3.8) is 0 Å². The number of halogens is 1. The van der Waals surface area contributed by atoms with E-state index >= 15 is 0 Å². The van der Waals surface area contributed by atoms with Crippen LogP contribution >= 0.6 is 11.6 Å². The topological polar surface area (TPSA) is 70.1 Å². The number of amides is 1. The van der Waals surface area contributed by atoms with Gasteiger partial charge in [0.25, 0.3) is 11.7 Å². The van der Waals surface area contributed by atoms with Gasteiger partial charge in [-0.3, -0.25) is 9.59 Å². The van der Waals surface area contributed by atoms with Crippen molar-refractivity contribution >= 4 is 29.1 Å². The molecule has 1 aliphatic rings. The Morgan fingerprint density at radius 1 is 1.22 bits per heavy atom. The lowest BCUT2D eigenvalue weighted by Gasteiger charge is -2.26. The van der Waals surface area contributed by atoms with Gasteiger partial charge in [-0.15, -0.1) is 0 Å². The summed E-state index contributed by atoms with van der Waals surface area (Å²) >= 11 is 5.97. The minimum absolute atomic E-state index is 0.0584. The molecule has 2 aromatic carbocycles. The van der Waals surface area contributed by atoms with Gasteiger partial charge < -0.3 is 19.6 Å². The van der Waals surface area contributed by atoms with E-state index in [0.717, 1.165) is 6.54 Å². The fourth-order valence-corrected chi connectivity index (χ4v) is 3.83. The number of carbonyl (C=O) groups excluding carboxylic acids is 2. The number of likely N-dealkylation sites (tertiary alicyclic amines) is 1. The Morgan fingerprint density at radius 2 is 1.94 bits per heavy atom. The third kappa shape index (κ3) is 5.21. The molecule has 7 heteroatoms. The smallest absolute Gasteiger partial charge is 0.295 e. The zero-order chi connectivity index (χ0) is 23.3. The van der Waals surface area contributed by atoms with Crippen LogP contribution in [0.3, 0.4) is 0 Å². The summed E-state index contributed by atoms with van der Waals surface area (Å²) in [6.45, 7) is 5.12. The Bertz CT molecular complexity index is 1030. The lowest BCUT2D eigenvalue weighted by Crippen LogP contribution is -2.32. The van der Waals surface area contributed by atoms with Gasteiger partial charge in [0.1, 0.15) is 18.1 Å². The number of aliphatic hydroxyl groups is 1. The van der Waals surface area contributed by atoms with Crippen LogP contribution in [0.4, 0.5) is 0 Å². The summed E-state index contributed by atoms with van der Waals surface area (Å²) in [5, 5.41) is 11.6. The molecule has 6 nitrogen and oxygen atoms in total. The molecule has 0 spiro atoms. The molecule has 0 aliphatic carbocycles. The maximum absolute atomic E-state index is 13.0. The van der Waals surface area contributed by atoms with Gasteiger partial charge in [0.15, 0.2) is 0 Å². The second-order valence-electron chi connectivity index (χ2n) is 7.83. The number of hydrogen-bond donors (Lipinski definition) is 1. The minimum atomic E-state index is -0.722. The molecule has 1 amide bonds. The van der Waals surface area contributed by atoms with Gasteiger partial charge >= 0.3 is 0 Å². The molecule has 0 radical (unpaired) electrons. The van der Waals surface area contributed by atoms with Crippen molar-refractivity contribution in [3.8, 4) is 5.75 Å². The molecule has 0 saturated carbocycles. The first kappa shape index (κ1) is 23.6. The Kier molecular flexibility index (Phi) is 7.72. The summed E-state index contributed by atoms with van der Waals surface area (Å²) < 4.78 is 5.64. The van der Waals surface area contributed by atoms with Crippen LogP contribution in [-0.2, 0) is 9.59 Å². The number of hydrogen-bond acceptors (Lipinski definition) is 5. The molecule has 3 rings (SSSR count). The molecule has 0 bridgehead atoms. The highest BCUT2D eigenvalue weighted by Gasteiger charge is 2.45. The molecule has 1 heterocycles. The quantitative estimate of drug-likeness (QED) is 0.265. The number of Topliss-reactive ketones (excluding diaryl/α,β-unsaturated/α-hetero) is 1. The standard InChI is InChI=1S/C25H27ClN2O4/c1-4-15-32-20-8-5-7-18(16-20)22-21(23(29)17-9-11-19(26)12-10-17)24(30)25(31)28(22)14-6-13-27(2)3/h4-5,7-12,16,22,29H,1,6,13-15H2,2-3H3. The first-order chi connectivity index (χ1) is 15.3. The summed E-state index contributed by atoms with van der Waals surface area (Å²) in [5.41, 5.74) is 1.17. The van der Waals surface area contributed by atoms with E-state index in [1.807, 2.05) is 25.1 Å². The molecule has 1 aliphatic heterocycles. The molecule has 1 atom stereocenters. The van der Waals surface area contributed by atoms with Crippen LogP contribution in [0.25, 0.3) is 5.76 Å². The van der Waals surface area contributed by atoms with Gasteiger partial charge in [-0.2, -0.15) is 0 Å². The average Bonchev–Trinajstić information content (AvgIpc) is 3.02. The van der Waals surface area contributed by atoms with Crippen LogP contribution in [0, 0.1) is 0 Å². The second kappa shape index (κ2) is 10.5. The molecule has 1 unspecified atom stereocenters. The van der Waals surface area contributed by atoms with Crippen molar-refractivity contribution < 1.29 is 19.4 Å². The average molecular weight is 455 g/mol. The fourth-order valence-electron chi connectivity index (χ4n) is 3.71. The summed E-state index contributed by atoms with van der Waals surface area (Å²) in [6, 6.07) is 13.0. The number of rotatable bonds is 9. The van der Waals surface area contributed by atoms with E-state index in [2.05, 4.69) is 6.58 Å². The molecule has 1 saturated heterocycles. The van der Waals surface area contributed by atoms with E-state index in [1.165, 1.54) is 4.90 Å². The number of nitrogens with zero attached hydrogens (tertiary/aromatic N) is 2. The van der Waals surface area contributed by atoms with Crippen molar-refractivity contribution in [1.82, 2.24) is 9.80 Å². The van der Waals surface area contributed by atoms with Crippen LogP contribution in [0.1, 0.15) is 23.6 Å². The number of aliphatic hydroxyl groups excluding tert-OH is 1. The zero-order valence-electron chi connectivity index (χ0n) is 18.3. The summed E-state index contributed by atoms with van der Waals surface area (Å²) in [4.78, 5) is 29.6. The molecule has 2 aromatic rings. The van der Waals surface area contributed by atoms with Crippen LogP contribution in [0.15, 0.2) is 66.8 Å². The first-order valence-corrected chi connectivity index (χ1v) is 10.7. The highest BCUT2D eigenvalue weighted by Crippen LogP contribution is 2.40. The number of benzene rings is 2. The Balaban J connectivity index is 2.08. The van der Waals surface area contributed by atoms with E-state index in [1.54, 1.807) is 48.5 Å². The molecular weight excluding hydrogens is 428 g/mol. The van der Waals surface area contributed by atoms with Crippen molar-refractivity contribution in [1.29, 1.82) is 0 Å². The van der Waals surface area contributed by atoms with Crippen molar-refractivity contribution in [3.05, 3.63) is 82.9 Å². The van der Waals surface area contributed by atoms with E-state index in [-0.39, 0.29) is 11.3 Å². The molecule has 1 fully saturated rings. The third-order valence-electron chi connectivity index (χ3n) is 5.20. The highest BCUT2D eigenvalue weighted by atomic mass is 35.5. The maximum atomic E-state index is 13.0. The van der Waals surface area contributed by atoms with E-state index in [0.29, 0.717) is 41.5 Å². The van der Waals surface area contributed by atoms with Crippen molar-refractivity contribution in [2.45, 2.75) is 12.5 Å². The van der Waals surface area contributed by atoms with Gasteiger partial charge in [0, 0.05) is 17.1 Å². The number of ketones is 1. The Morgan fingerprint density at radius 3 is 2.59 bits per heavy atom. The largest absolute Gasteiger partial charge is 0.507 e. The van der Waals surface area contributed by atoms with Gasteiger partial charge in [0.2, 0.25) is 0 Å². The summed E-state index contributed by atoms with van der Waals surface area (Å²) in [5.74, 6) is -0.961. The van der Waals surface area contributed by atoms with Gasteiger partial charge in [-0.1, -0.05) is 36.4 Å². The van der Waals surface area contributed by atoms with Crippen LogP contribution in [-0.4, -0.2) is 60.4 Å². The predicted octanol–water partition coefficient (Wildman–Crippen LogP) is 4.28. The normalized spacial score (nSPS) is 17.8. The van der Waals surface area contributed by atoms with E-state index in [9.17, 15) is 14.7 Å². The molecule has 1 N–H and O–H groups in total. The van der Waals surface area contributed by atoms with Crippen LogP contribution in [0.5, 0.6) is 5.75 Å². The van der Waals surface area contributed by atoms with Crippen LogP contribution in [0.2, 0.25) is 5.02 Å². The molecular formula is C25H27ClN2O4. The third-order valence-corrected chi connectivity index (χ3v) is 5.46. The molecule has 32 heavy (non-hydrogen) atoms. The molecule has 168 valence electrons. The SMILES string of the molecule is C=CCOc1cccc(C2C(=C(O)c3ccc(Cl)cc3)C(=O)C(=O)N2CCCN(C)C)c1.